The number of nitrogens with one attached hydrogen (secondary N) is 2. The van der Waals surface area contributed by atoms with Gasteiger partial charge in [-0.15, -0.1) is 0 Å². The van der Waals surface area contributed by atoms with Crippen molar-refractivity contribution in [1.82, 2.24) is 0 Å². The Bertz CT molecular complexity index is 1320. The van der Waals surface area contributed by atoms with Crippen molar-refractivity contribution in [2.45, 2.75) is 23.6 Å². The summed E-state index contributed by atoms with van der Waals surface area (Å²) >= 11 is 6.00. The van der Waals surface area contributed by atoms with Gasteiger partial charge in [-0.2, -0.15) is 0 Å². The molecule has 0 amide bonds. The molecule has 3 aromatic carbocycles. The Kier molecular flexibility index (Phi) is 6.49. The maximum atomic E-state index is 12.7. The van der Waals surface area contributed by atoms with Crippen molar-refractivity contribution in [3.05, 3.63) is 76.8 Å². The fourth-order valence-electron chi connectivity index (χ4n) is 2.86. The van der Waals surface area contributed by atoms with E-state index in [2.05, 4.69) is 9.44 Å². The largest absolute Gasteiger partial charge is 0.495 e. The number of hydrogen-bond acceptors (Lipinski definition) is 5. The van der Waals surface area contributed by atoms with Crippen LogP contribution in [0.25, 0.3) is 0 Å². The topological polar surface area (TPSA) is 102 Å². The molecule has 0 saturated carbocycles. The average molecular weight is 481 g/mol. The van der Waals surface area contributed by atoms with E-state index >= 15 is 0 Å². The molecule has 0 spiro atoms. The summed E-state index contributed by atoms with van der Waals surface area (Å²) in [6, 6.07) is 14.9. The highest BCUT2D eigenvalue weighted by Crippen LogP contribution is 2.28. The molecule has 0 atom stereocenters. The smallest absolute Gasteiger partial charge is 0.261 e. The predicted octanol–water partition coefficient (Wildman–Crippen LogP) is 4.57. The van der Waals surface area contributed by atoms with Crippen LogP contribution in [0.2, 0.25) is 5.02 Å². The van der Waals surface area contributed by atoms with E-state index in [-0.39, 0.29) is 20.5 Å². The summed E-state index contributed by atoms with van der Waals surface area (Å²) in [6.45, 7) is 3.74. The van der Waals surface area contributed by atoms with Crippen molar-refractivity contribution in [3.63, 3.8) is 0 Å². The van der Waals surface area contributed by atoms with Gasteiger partial charge in [0.2, 0.25) is 0 Å². The summed E-state index contributed by atoms with van der Waals surface area (Å²) in [5.41, 5.74) is 2.51. The quantitative estimate of drug-likeness (QED) is 0.516. The van der Waals surface area contributed by atoms with Crippen molar-refractivity contribution in [3.8, 4) is 5.75 Å². The molecule has 0 aliphatic carbocycles. The third-order valence-electron chi connectivity index (χ3n) is 4.48. The number of halogens is 1. The molecule has 10 heteroatoms. The summed E-state index contributed by atoms with van der Waals surface area (Å²) in [5.74, 6) is 0.353. The van der Waals surface area contributed by atoms with E-state index in [4.69, 9.17) is 16.3 Å². The van der Waals surface area contributed by atoms with Crippen LogP contribution in [0.3, 0.4) is 0 Å². The predicted molar refractivity (Wildman–Crippen MR) is 122 cm³/mol. The van der Waals surface area contributed by atoms with Gasteiger partial charge in [-0.05, 0) is 67.9 Å². The first kappa shape index (κ1) is 22.9. The van der Waals surface area contributed by atoms with E-state index in [9.17, 15) is 16.8 Å². The number of hydrogen-bond donors (Lipinski definition) is 2. The van der Waals surface area contributed by atoms with Crippen LogP contribution in [0.5, 0.6) is 5.75 Å². The van der Waals surface area contributed by atoms with Crippen LogP contribution >= 0.6 is 11.6 Å². The Labute approximate surface area is 187 Å². The number of anilines is 2. The monoisotopic (exact) mass is 480 g/mol. The summed E-state index contributed by atoms with van der Waals surface area (Å²) in [7, 11) is -6.33. The lowest BCUT2D eigenvalue weighted by atomic mass is 10.1. The molecule has 7 nitrogen and oxygen atoms in total. The van der Waals surface area contributed by atoms with Gasteiger partial charge in [0.05, 0.1) is 27.6 Å². The first-order valence-electron chi connectivity index (χ1n) is 9.08. The normalized spacial score (nSPS) is 11.7. The summed E-state index contributed by atoms with van der Waals surface area (Å²) in [5, 5.41) is 0.157. The molecule has 0 saturated heterocycles. The van der Waals surface area contributed by atoms with Crippen LogP contribution in [0.15, 0.2) is 70.5 Å². The second-order valence-corrected chi connectivity index (χ2v) is 10.6. The second kappa shape index (κ2) is 8.78. The van der Waals surface area contributed by atoms with Crippen LogP contribution in [0.1, 0.15) is 11.1 Å². The minimum atomic E-state index is -3.92. The van der Waals surface area contributed by atoms with Crippen molar-refractivity contribution in [2.75, 3.05) is 16.6 Å². The van der Waals surface area contributed by atoms with Crippen molar-refractivity contribution in [2.24, 2.45) is 0 Å². The number of aryl methyl sites for hydroxylation is 2. The SMILES string of the molecule is COc1ccc(S(=O)(=O)Nc2ccc(S(=O)(=O)Nc3ccc(C)cc3C)cc2)cc1Cl. The fraction of sp³-hybridized carbons (Fsp3) is 0.143. The van der Waals surface area contributed by atoms with E-state index in [1.54, 1.807) is 6.07 Å². The molecular formula is C21H21ClN2O5S2. The maximum Gasteiger partial charge on any atom is 0.261 e. The second-order valence-electron chi connectivity index (χ2n) is 6.85. The molecule has 2 N–H and O–H groups in total. The fourth-order valence-corrected chi connectivity index (χ4v) is 5.40. The third-order valence-corrected chi connectivity index (χ3v) is 7.53. The number of ether oxygens (including phenoxy) is 1. The molecule has 0 fully saturated rings. The van der Waals surface area contributed by atoms with Gasteiger partial charge < -0.3 is 4.74 Å². The zero-order valence-corrected chi connectivity index (χ0v) is 19.4. The molecule has 0 aliphatic rings. The number of rotatable bonds is 7. The number of sulfonamides is 2. The van der Waals surface area contributed by atoms with Crippen molar-refractivity contribution in [1.29, 1.82) is 0 Å². The molecular weight excluding hydrogens is 460 g/mol. The van der Waals surface area contributed by atoms with Crippen molar-refractivity contribution >= 4 is 43.0 Å². The molecule has 0 bridgehead atoms. The molecule has 0 heterocycles. The Morgan fingerprint density at radius 1 is 0.774 bits per heavy atom. The van der Waals surface area contributed by atoms with E-state index in [1.807, 2.05) is 26.0 Å². The molecule has 0 unspecified atom stereocenters. The molecule has 0 aromatic heterocycles. The lowest BCUT2D eigenvalue weighted by Crippen LogP contribution is -2.15. The first-order valence-corrected chi connectivity index (χ1v) is 12.4. The number of benzene rings is 3. The van der Waals surface area contributed by atoms with E-state index in [0.717, 1.165) is 11.1 Å². The van der Waals surface area contributed by atoms with Gasteiger partial charge in [-0.3, -0.25) is 9.44 Å². The van der Waals surface area contributed by atoms with Gasteiger partial charge in [0, 0.05) is 5.69 Å². The Hall–Kier alpha value is -2.75. The summed E-state index contributed by atoms with van der Waals surface area (Å²) in [4.78, 5) is -0.0468. The van der Waals surface area contributed by atoms with Gasteiger partial charge in [0.1, 0.15) is 5.75 Å². The van der Waals surface area contributed by atoms with E-state index in [0.29, 0.717) is 11.4 Å². The molecule has 31 heavy (non-hydrogen) atoms. The lowest BCUT2D eigenvalue weighted by molar-refractivity contribution is 0.414. The minimum absolute atomic E-state index is 0.00270. The van der Waals surface area contributed by atoms with E-state index < -0.39 is 20.0 Å². The van der Waals surface area contributed by atoms with E-state index in [1.165, 1.54) is 49.6 Å². The van der Waals surface area contributed by atoms with Gasteiger partial charge in [0.25, 0.3) is 20.0 Å². The standard InChI is InChI=1S/C21H21ClN2O5S2/c1-14-4-10-20(15(2)12-14)24-30(25,26)17-7-5-16(6-8-17)23-31(27,28)18-9-11-21(29-3)19(22)13-18/h4-13,23-24H,1-3H3. The minimum Gasteiger partial charge on any atom is -0.495 e. The summed E-state index contributed by atoms with van der Waals surface area (Å²) in [6.07, 6.45) is 0. The van der Waals surface area contributed by atoms with Gasteiger partial charge in [-0.25, -0.2) is 16.8 Å². The molecule has 164 valence electrons. The van der Waals surface area contributed by atoms with Crippen molar-refractivity contribution < 1.29 is 21.6 Å². The van der Waals surface area contributed by atoms with Crippen LogP contribution in [0, 0.1) is 13.8 Å². The third kappa shape index (κ3) is 5.30. The Balaban J connectivity index is 1.80. The molecule has 3 rings (SSSR count). The van der Waals surface area contributed by atoms with Crippen LogP contribution in [-0.4, -0.2) is 23.9 Å². The van der Waals surface area contributed by atoms with Crippen LogP contribution in [0.4, 0.5) is 11.4 Å². The number of methoxy groups -OCH3 is 1. The zero-order valence-electron chi connectivity index (χ0n) is 17.0. The Morgan fingerprint density at radius 3 is 1.97 bits per heavy atom. The Morgan fingerprint density at radius 2 is 1.39 bits per heavy atom. The van der Waals surface area contributed by atoms with Crippen LogP contribution in [-0.2, 0) is 20.0 Å². The summed E-state index contributed by atoms with van der Waals surface area (Å²) < 4.78 is 60.5. The maximum absolute atomic E-state index is 12.7. The average Bonchev–Trinajstić information content (AvgIpc) is 2.70. The highest BCUT2D eigenvalue weighted by Gasteiger charge is 2.18. The molecule has 0 aliphatic heterocycles. The highest BCUT2D eigenvalue weighted by atomic mass is 35.5. The molecule has 0 radical (unpaired) electrons. The highest BCUT2D eigenvalue weighted by molar-refractivity contribution is 7.93. The van der Waals surface area contributed by atoms with Crippen LogP contribution < -0.4 is 14.2 Å². The first-order chi connectivity index (χ1) is 14.5. The molecule has 3 aromatic rings. The van der Waals surface area contributed by atoms with Gasteiger partial charge in [-0.1, -0.05) is 29.3 Å². The lowest BCUT2D eigenvalue weighted by Gasteiger charge is -2.13. The van der Waals surface area contributed by atoms with Gasteiger partial charge >= 0.3 is 0 Å². The van der Waals surface area contributed by atoms with Gasteiger partial charge in [0.15, 0.2) is 0 Å². The zero-order chi connectivity index (χ0) is 22.8.